The first-order valence-corrected chi connectivity index (χ1v) is 6.86. The van der Waals surface area contributed by atoms with Crippen LogP contribution in [0.5, 0.6) is 0 Å². The third-order valence-electron chi connectivity index (χ3n) is 1.55. The van der Waals surface area contributed by atoms with Gasteiger partial charge in [0, 0.05) is 17.8 Å². The molecule has 0 aromatic carbocycles. The van der Waals surface area contributed by atoms with Crippen molar-refractivity contribution >= 4 is 19.7 Å². The number of hydrogen-bond donors (Lipinski definition) is 0. The molecule has 0 spiro atoms. The minimum absolute atomic E-state index is 0.0273. The molecule has 2 atom stereocenters. The lowest BCUT2D eigenvalue weighted by Crippen LogP contribution is -2.21. The van der Waals surface area contributed by atoms with E-state index in [0.717, 1.165) is 0 Å². The minimum Gasteiger partial charge on any atom is -0.382 e. The van der Waals surface area contributed by atoms with Gasteiger partial charge in [-0.1, -0.05) is 6.92 Å². The lowest BCUT2D eigenvalue weighted by molar-refractivity contribution is -0.00166. The molecule has 2 unspecified atom stereocenters. The van der Waals surface area contributed by atoms with Gasteiger partial charge in [0.05, 0.1) is 25.1 Å². The van der Waals surface area contributed by atoms with E-state index >= 15 is 0 Å². The minimum atomic E-state index is -3.42. The summed E-state index contributed by atoms with van der Waals surface area (Å²) >= 11 is 0. The summed E-state index contributed by atoms with van der Waals surface area (Å²) in [6.07, 6.45) is -0.0273. The monoisotopic (exact) mass is 244 g/mol. The Morgan fingerprint density at radius 3 is 2.29 bits per heavy atom. The third kappa shape index (κ3) is 8.74. The fraction of sp³-hybridized carbons (Fsp3) is 1.00. The maximum Gasteiger partial charge on any atom is 0.232 e. The van der Waals surface area contributed by atoms with Crippen molar-refractivity contribution in [2.45, 2.75) is 20.0 Å². The molecule has 4 nitrogen and oxygen atoms in total. The van der Waals surface area contributed by atoms with Gasteiger partial charge >= 0.3 is 0 Å². The van der Waals surface area contributed by atoms with Gasteiger partial charge < -0.3 is 9.47 Å². The molecule has 0 aliphatic rings. The molecule has 0 N–H and O–H groups in total. The molecule has 6 heteroatoms. The first kappa shape index (κ1) is 14.2. The number of halogens is 1. The fourth-order valence-electron chi connectivity index (χ4n) is 0.999. The summed E-state index contributed by atoms with van der Waals surface area (Å²) in [5, 5.41) is 0. The van der Waals surface area contributed by atoms with Crippen LogP contribution in [-0.4, -0.2) is 40.6 Å². The summed E-state index contributed by atoms with van der Waals surface area (Å²) in [6, 6.07) is 0. The Labute approximate surface area is 90.0 Å². The topological polar surface area (TPSA) is 52.6 Å². The van der Waals surface area contributed by atoms with Crippen molar-refractivity contribution < 1.29 is 17.9 Å². The smallest absolute Gasteiger partial charge is 0.232 e. The molecule has 0 heterocycles. The van der Waals surface area contributed by atoms with Gasteiger partial charge in [0.15, 0.2) is 0 Å². The van der Waals surface area contributed by atoms with Crippen LogP contribution < -0.4 is 0 Å². The Kier molecular flexibility index (Phi) is 6.68. The standard InChI is InChI=1S/C8H17ClO4S/c1-7(6-14(9,10)11)4-13-8(2)5-12-3/h7-8H,4-6H2,1-3H3. The molecule has 0 aliphatic heterocycles. The molecule has 0 aliphatic carbocycles. The second-order valence-electron chi connectivity index (χ2n) is 3.41. The Morgan fingerprint density at radius 1 is 1.29 bits per heavy atom. The summed E-state index contributed by atoms with van der Waals surface area (Å²) in [4.78, 5) is 0. The molecule has 0 aromatic rings. The molecule has 0 saturated heterocycles. The Balaban J connectivity index is 3.69. The number of methoxy groups -OCH3 is 1. The molecular weight excluding hydrogens is 228 g/mol. The van der Waals surface area contributed by atoms with Crippen molar-refractivity contribution in [1.29, 1.82) is 0 Å². The summed E-state index contributed by atoms with van der Waals surface area (Å²) in [6.45, 7) is 4.52. The van der Waals surface area contributed by atoms with Crippen LogP contribution in [0.4, 0.5) is 0 Å². The van der Waals surface area contributed by atoms with E-state index in [0.29, 0.717) is 13.2 Å². The van der Waals surface area contributed by atoms with Gasteiger partial charge in [0.25, 0.3) is 0 Å². The third-order valence-corrected chi connectivity index (χ3v) is 2.90. The molecule has 0 bridgehead atoms. The average Bonchev–Trinajstić information content (AvgIpc) is 1.98. The van der Waals surface area contributed by atoms with Crippen molar-refractivity contribution in [1.82, 2.24) is 0 Å². The van der Waals surface area contributed by atoms with E-state index < -0.39 is 9.05 Å². The van der Waals surface area contributed by atoms with Crippen molar-refractivity contribution in [2.24, 2.45) is 5.92 Å². The van der Waals surface area contributed by atoms with Crippen LogP contribution in [0.25, 0.3) is 0 Å². The molecule has 0 aromatic heterocycles. The molecule has 86 valence electrons. The van der Waals surface area contributed by atoms with Crippen LogP contribution in [0.15, 0.2) is 0 Å². The summed E-state index contributed by atoms with van der Waals surface area (Å²) in [7, 11) is 3.26. The zero-order chi connectivity index (χ0) is 11.2. The van der Waals surface area contributed by atoms with Crippen LogP contribution in [-0.2, 0) is 18.5 Å². The van der Waals surface area contributed by atoms with Crippen molar-refractivity contribution in [3.63, 3.8) is 0 Å². The highest BCUT2D eigenvalue weighted by Gasteiger charge is 2.13. The second kappa shape index (κ2) is 6.61. The highest BCUT2D eigenvalue weighted by atomic mass is 35.7. The summed E-state index contributed by atoms with van der Waals surface area (Å²) in [5.74, 6) is -0.161. The molecule has 0 amide bonds. The predicted octanol–water partition coefficient (Wildman–Crippen LogP) is 1.24. The first-order valence-electron chi connectivity index (χ1n) is 4.38. The van der Waals surface area contributed by atoms with Crippen molar-refractivity contribution in [3.05, 3.63) is 0 Å². The normalized spacial score (nSPS) is 16.6. The van der Waals surface area contributed by atoms with E-state index in [1.807, 2.05) is 6.92 Å². The largest absolute Gasteiger partial charge is 0.382 e. The van der Waals surface area contributed by atoms with Crippen LogP contribution in [0.2, 0.25) is 0 Å². The van der Waals surface area contributed by atoms with Gasteiger partial charge in [0.1, 0.15) is 0 Å². The number of ether oxygens (including phenoxy) is 2. The number of hydrogen-bond acceptors (Lipinski definition) is 4. The quantitative estimate of drug-likeness (QED) is 0.633. The van der Waals surface area contributed by atoms with Gasteiger partial charge in [0.2, 0.25) is 9.05 Å². The number of rotatable bonds is 7. The Morgan fingerprint density at radius 2 is 1.86 bits per heavy atom. The fourth-order valence-corrected chi connectivity index (χ4v) is 2.42. The van der Waals surface area contributed by atoms with Crippen LogP contribution in [0, 0.1) is 5.92 Å². The van der Waals surface area contributed by atoms with E-state index in [1.54, 1.807) is 14.0 Å². The van der Waals surface area contributed by atoms with E-state index in [4.69, 9.17) is 20.2 Å². The van der Waals surface area contributed by atoms with Crippen molar-refractivity contribution in [2.75, 3.05) is 26.1 Å². The van der Waals surface area contributed by atoms with Crippen LogP contribution in [0.3, 0.4) is 0 Å². The van der Waals surface area contributed by atoms with Gasteiger partial charge in [-0.15, -0.1) is 0 Å². The van der Waals surface area contributed by atoms with Crippen molar-refractivity contribution in [3.8, 4) is 0 Å². The second-order valence-corrected chi connectivity index (χ2v) is 6.23. The maximum absolute atomic E-state index is 10.7. The molecule has 14 heavy (non-hydrogen) atoms. The molecule has 0 rings (SSSR count). The lowest BCUT2D eigenvalue weighted by atomic mass is 10.2. The zero-order valence-electron chi connectivity index (χ0n) is 8.70. The average molecular weight is 245 g/mol. The Hall–Kier alpha value is 0.160. The lowest BCUT2D eigenvalue weighted by Gasteiger charge is -2.15. The van der Waals surface area contributed by atoms with Gasteiger partial charge in [-0.3, -0.25) is 0 Å². The van der Waals surface area contributed by atoms with Crippen LogP contribution >= 0.6 is 10.7 Å². The van der Waals surface area contributed by atoms with Gasteiger partial charge in [-0.05, 0) is 12.8 Å². The molecule has 0 fully saturated rings. The molecular formula is C8H17ClO4S. The first-order chi connectivity index (χ1) is 6.35. The van der Waals surface area contributed by atoms with Gasteiger partial charge in [-0.25, -0.2) is 8.42 Å². The summed E-state index contributed by atoms with van der Waals surface area (Å²) < 4.78 is 31.6. The zero-order valence-corrected chi connectivity index (χ0v) is 10.3. The molecule has 0 saturated carbocycles. The van der Waals surface area contributed by atoms with E-state index in [2.05, 4.69) is 0 Å². The maximum atomic E-state index is 10.7. The highest BCUT2D eigenvalue weighted by molar-refractivity contribution is 8.13. The van der Waals surface area contributed by atoms with Gasteiger partial charge in [-0.2, -0.15) is 0 Å². The van der Waals surface area contributed by atoms with E-state index in [9.17, 15) is 8.42 Å². The SMILES string of the molecule is COCC(C)OCC(C)CS(=O)(=O)Cl. The molecule has 0 radical (unpaired) electrons. The van der Waals surface area contributed by atoms with Crippen LogP contribution in [0.1, 0.15) is 13.8 Å². The predicted molar refractivity (Wildman–Crippen MR) is 56.1 cm³/mol. The summed E-state index contributed by atoms with van der Waals surface area (Å²) in [5.41, 5.74) is 0. The highest BCUT2D eigenvalue weighted by Crippen LogP contribution is 2.07. The van der Waals surface area contributed by atoms with E-state index in [-0.39, 0.29) is 17.8 Å². The Bertz CT molecular complexity index is 240. The van der Waals surface area contributed by atoms with E-state index in [1.165, 1.54) is 0 Å².